The first-order valence-corrected chi connectivity index (χ1v) is 7.62. The minimum Gasteiger partial charge on any atom is -0.495 e. The average Bonchev–Trinajstić information content (AvgIpc) is 2.41. The van der Waals surface area contributed by atoms with Crippen LogP contribution in [0.25, 0.3) is 0 Å². The Kier molecular flexibility index (Phi) is 5.11. The minimum absolute atomic E-state index is 0.0815. The molecule has 1 aromatic rings. The van der Waals surface area contributed by atoms with Gasteiger partial charge in [-0.25, -0.2) is 0 Å². The van der Waals surface area contributed by atoms with Gasteiger partial charge < -0.3 is 14.7 Å². The minimum atomic E-state index is -0.0815. The molecule has 1 aromatic carbocycles. The molecule has 0 aromatic heterocycles. The van der Waals surface area contributed by atoms with Crippen molar-refractivity contribution < 1.29 is 9.84 Å². The van der Waals surface area contributed by atoms with Gasteiger partial charge in [0.05, 0.1) is 18.9 Å². The van der Waals surface area contributed by atoms with Crippen LogP contribution < -0.4 is 9.64 Å². The van der Waals surface area contributed by atoms with E-state index >= 15 is 0 Å². The van der Waals surface area contributed by atoms with Crippen molar-refractivity contribution in [3.8, 4) is 5.75 Å². The molecule has 1 saturated carbocycles. The molecule has 3 nitrogen and oxygen atoms in total. The SMILES string of the molecule is COc1ccc(Br)cc1N(C)CC1CCC(O)CC1. The second-order valence-corrected chi connectivity index (χ2v) is 6.29. The van der Waals surface area contributed by atoms with Crippen LogP contribution in [0.15, 0.2) is 22.7 Å². The predicted molar refractivity (Wildman–Crippen MR) is 81.9 cm³/mol. The Morgan fingerprint density at radius 2 is 2.00 bits per heavy atom. The lowest BCUT2D eigenvalue weighted by Crippen LogP contribution is -2.29. The Hall–Kier alpha value is -0.740. The molecule has 4 heteroatoms. The lowest BCUT2D eigenvalue weighted by molar-refractivity contribution is 0.110. The number of halogens is 1. The summed E-state index contributed by atoms with van der Waals surface area (Å²) in [5, 5.41) is 9.56. The maximum atomic E-state index is 9.56. The van der Waals surface area contributed by atoms with Gasteiger partial charge in [0.1, 0.15) is 5.75 Å². The molecular formula is C15H22BrNO2. The summed E-state index contributed by atoms with van der Waals surface area (Å²) in [6, 6.07) is 6.07. The van der Waals surface area contributed by atoms with Crippen LogP contribution in [0, 0.1) is 5.92 Å². The van der Waals surface area contributed by atoms with Gasteiger partial charge in [0.15, 0.2) is 0 Å². The number of hydrogen-bond acceptors (Lipinski definition) is 3. The van der Waals surface area contributed by atoms with E-state index in [1.807, 2.05) is 12.1 Å². The Bertz CT molecular complexity index is 417. The molecule has 1 fully saturated rings. The monoisotopic (exact) mass is 327 g/mol. The van der Waals surface area contributed by atoms with E-state index < -0.39 is 0 Å². The predicted octanol–water partition coefficient (Wildman–Crippen LogP) is 3.45. The zero-order valence-electron chi connectivity index (χ0n) is 11.6. The first kappa shape index (κ1) is 14.7. The van der Waals surface area contributed by atoms with Crippen molar-refractivity contribution in [2.24, 2.45) is 5.92 Å². The van der Waals surface area contributed by atoms with Crippen LogP contribution in [0.2, 0.25) is 0 Å². The molecule has 1 N–H and O–H groups in total. The smallest absolute Gasteiger partial charge is 0.142 e. The van der Waals surface area contributed by atoms with Crippen molar-refractivity contribution in [2.75, 3.05) is 25.6 Å². The first-order chi connectivity index (χ1) is 9.10. The zero-order chi connectivity index (χ0) is 13.8. The largest absolute Gasteiger partial charge is 0.495 e. The Morgan fingerprint density at radius 3 is 2.63 bits per heavy atom. The van der Waals surface area contributed by atoms with E-state index in [0.29, 0.717) is 5.92 Å². The lowest BCUT2D eigenvalue weighted by atomic mass is 9.87. The van der Waals surface area contributed by atoms with Gasteiger partial charge >= 0.3 is 0 Å². The molecule has 0 unspecified atom stereocenters. The average molecular weight is 328 g/mol. The van der Waals surface area contributed by atoms with Gasteiger partial charge in [-0.05, 0) is 49.8 Å². The highest BCUT2D eigenvalue weighted by molar-refractivity contribution is 9.10. The quantitative estimate of drug-likeness (QED) is 0.919. The molecule has 0 aliphatic heterocycles. The fourth-order valence-electron chi connectivity index (χ4n) is 2.77. The summed E-state index contributed by atoms with van der Waals surface area (Å²) in [6.45, 7) is 1.01. The lowest BCUT2D eigenvalue weighted by Gasteiger charge is -2.31. The molecule has 0 amide bonds. The van der Waals surface area contributed by atoms with E-state index in [9.17, 15) is 5.11 Å². The van der Waals surface area contributed by atoms with Gasteiger partial charge in [0, 0.05) is 18.1 Å². The van der Waals surface area contributed by atoms with E-state index in [1.54, 1.807) is 7.11 Å². The van der Waals surface area contributed by atoms with Gasteiger partial charge in [-0.2, -0.15) is 0 Å². The number of aliphatic hydroxyl groups excluding tert-OH is 1. The second kappa shape index (κ2) is 6.62. The molecule has 106 valence electrons. The van der Waals surface area contributed by atoms with Gasteiger partial charge in [0.2, 0.25) is 0 Å². The van der Waals surface area contributed by atoms with Crippen LogP contribution in [0.5, 0.6) is 5.75 Å². The molecule has 0 radical (unpaired) electrons. The summed E-state index contributed by atoms with van der Waals surface area (Å²) in [6.07, 6.45) is 4.02. The topological polar surface area (TPSA) is 32.7 Å². The Morgan fingerprint density at radius 1 is 1.32 bits per heavy atom. The molecular weight excluding hydrogens is 306 g/mol. The number of nitrogens with zero attached hydrogens (tertiary/aromatic N) is 1. The number of benzene rings is 1. The van der Waals surface area contributed by atoms with E-state index in [4.69, 9.17) is 4.74 Å². The summed E-state index contributed by atoms with van der Waals surface area (Å²) < 4.78 is 6.49. The normalized spacial score (nSPS) is 23.2. The summed E-state index contributed by atoms with van der Waals surface area (Å²) in [4.78, 5) is 2.26. The van der Waals surface area contributed by atoms with Crippen LogP contribution in [0.1, 0.15) is 25.7 Å². The van der Waals surface area contributed by atoms with Crippen LogP contribution in [0.4, 0.5) is 5.69 Å². The number of anilines is 1. The summed E-state index contributed by atoms with van der Waals surface area (Å²) in [7, 11) is 3.81. The van der Waals surface area contributed by atoms with Crippen molar-refractivity contribution in [2.45, 2.75) is 31.8 Å². The summed E-state index contributed by atoms with van der Waals surface area (Å²) >= 11 is 3.51. The number of rotatable bonds is 4. The van der Waals surface area contributed by atoms with E-state index in [0.717, 1.165) is 48.1 Å². The van der Waals surface area contributed by atoms with Gasteiger partial charge in [-0.15, -0.1) is 0 Å². The number of ether oxygens (including phenoxy) is 1. The molecule has 1 aliphatic carbocycles. The van der Waals surface area contributed by atoms with Gasteiger partial charge in [-0.3, -0.25) is 0 Å². The van der Waals surface area contributed by atoms with Crippen molar-refractivity contribution in [1.82, 2.24) is 0 Å². The number of aliphatic hydroxyl groups is 1. The summed E-state index contributed by atoms with van der Waals surface area (Å²) in [5.74, 6) is 1.57. The van der Waals surface area contributed by atoms with Crippen LogP contribution in [0.3, 0.4) is 0 Å². The summed E-state index contributed by atoms with van der Waals surface area (Å²) in [5.41, 5.74) is 1.11. The van der Waals surface area contributed by atoms with Crippen molar-refractivity contribution >= 4 is 21.6 Å². The van der Waals surface area contributed by atoms with E-state index in [2.05, 4.69) is 33.9 Å². The third-order valence-corrected chi connectivity index (χ3v) is 4.39. The molecule has 0 bridgehead atoms. The first-order valence-electron chi connectivity index (χ1n) is 6.83. The molecule has 19 heavy (non-hydrogen) atoms. The van der Waals surface area contributed by atoms with E-state index in [-0.39, 0.29) is 6.10 Å². The molecule has 2 rings (SSSR count). The zero-order valence-corrected chi connectivity index (χ0v) is 13.2. The molecule has 1 aliphatic rings. The second-order valence-electron chi connectivity index (χ2n) is 5.37. The third-order valence-electron chi connectivity index (χ3n) is 3.90. The number of methoxy groups -OCH3 is 1. The van der Waals surface area contributed by atoms with Crippen LogP contribution in [-0.4, -0.2) is 31.9 Å². The highest BCUT2D eigenvalue weighted by atomic mass is 79.9. The molecule has 0 heterocycles. The van der Waals surface area contributed by atoms with Crippen molar-refractivity contribution in [3.63, 3.8) is 0 Å². The van der Waals surface area contributed by atoms with Crippen LogP contribution >= 0.6 is 15.9 Å². The fourth-order valence-corrected chi connectivity index (χ4v) is 3.12. The molecule has 0 spiro atoms. The highest BCUT2D eigenvalue weighted by Crippen LogP contribution is 2.33. The number of hydrogen-bond donors (Lipinski definition) is 1. The maximum absolute atomic E-state index is 9.56. The third kappa shape index (κ3) is 3.86. The van der Waals surface area contributed by atoms with Gasteiger partial charge in [0.25, 0.3) is 0 Å². The van der Waals surface area contributed by atoms with Crippen molar-refractivity contribution in [3.05, 3.63) is 22.7 Å². The van der Waals surface area contributed by atoms with Crippen molar-refractivity contribution in [1.29, 1.82) is 0 Å². The van der Waals surface area contributed by atoms with Crippen LogP contribution in [-0.2, 0) is 0 Å². The maximum Gasteiger partial charge on any atom is 0.142 e. The highest BCUT2D eigenvalue weighted by Gasteiger charge is 2.21. The molecule has 0 atom stereocenters. The standard InChI is InChI=1S/C15H22BrNO2/c1-17(10-11-3-6-13(18)7-4-11)14-9-12(16)5-8-15(14)19-2/h5,8-9,11,13,18H,3-4,6-7,10H2,1-2H3. The fraction of sp³-hybridized carbons (Fsp3) is 0.600. The molecule has 0 saturated heterocycles. The Balaban J connectivity index is 2.03. The van der Waals surface area contributed by atoms with Gasteiger partial charge in [-0.1, -0.05) is 15.9 Å². The van der Waals surface area contributed by atoms with E-state index in [1.165, 1.54) is 0 Å². The Labute approximate surface area is 123 Å².